The van der Waals surface area contributed by atoms with Gasteiger partial charge in [0.05, 0.1) is 0 Å². The zero-order valence-corrected chi connectivity index (χ0v) is 7.06. The van der Waals surface area contributed by atoms with Crippen molar-refractivity contribution in [2.24, 2.45) is 0 Å². The molecule has 0 aromatic carbocycles. The van der Waals surface area contributed by atoms with E-state index in [1.165, 1.54) is 19.4 Å². The highest BCUT2D eigenvalue weighted by atomic mass is 15.1. The molecule has 0 spiro atoms. The lowest BCUT2D eigenvalue weighted by atomic mass is 10.1. The summed E-state index contributed by atoms with van der Waals surface area (Å²) in [5.41, 5.74) is 0.545. The Hall–Kier alpha value is -0.235. The summed E-state index contributed by atoms with van der Waals surface area (Å²) < 4.78 is 0. The van der Waals surface area contributed by atoms with Gasteiger partial charge in [-0.1, -0.05) is 6.08 Å². The molecular weight excluding hydrogens is 121 g/mol. The summed E-state index contributed by atoms with van der Waals surface area (Å²) in [4.78, 5) is 2.44. The van der Waals surface area contributed by atoms with Crippen LogP contribution in [0.3, 0.4) is 0 Å². The molecule has 0 bridgehead atoms. The van der Waals surface area contributed by atoms with Gasteiger partial charge in [0.1, 0.15) is 0 Å². The van der Waals surface area contributed by atoms with Gasteiger partial charge in [-0.25, -0.2) is 0 Å². The molecule has 0 atom stereocenters. The smallest absolute Gasteiger partial charge is 0.186 e. The Morgan fingerprint density at radius 3 is 2.70 bits per heavy atom. The zero-order valence-electron chi connectivity index (χ0n) is 7.06. The third-order valence-corrected chi connectivity index (χ3v) is 2.56. The molecule has 0 aromatic rings. The van der Waals surface area contributed by atoms with Crippen LogP contribution < -0.4 is 0 Å². The van der Waals surface area contributed by atoms with E-state index < -0.39 is 0 Å². The average molecular weight is 137 g/mol. The third-order valence-electron chi connectivity index (χ3n) is 2.56. The molecule has 0 aromatic heterocycles. The van der Waals surface area contributed by atoms with E-state index in [1.54, 1.807) is 0 Å². The molecule has 0 amide bonds. The molecule has 1 rings (SSSR count). The molecule has 1 aliphatic rings. The Balaban J connectivity index is 2.21. The van der Waals surface area contributed by atoms with Crippen molar-refractivity contribution >= 4 is 7.98 Å². The minimum atomic E-state index is 0.545. The van der Waals surface area contributed by atoms with Gasteiger partial charge in [0.25, 0.3) is 0 Å². The summed E-state index contributed by atoms with van der Waals surface area (Å²) >= 11 is 0. The van der Waals surface area contributed by atoms with Gasteiger partial charge in [-0.15, -0.1) is 6.58 Å². The molecule has 56 valence electrons. The number of hydrogen-bond donors (Lipinski definition) is 0. The van der Waals surface area contributed by atoms with Gasteiger partial charge in [0.15, 0.2) is 7.98 Å². The van der Waals surface area contributed by atoms with Crippen molar-refractivity contribution in [3.63, 3.8) is 0 Å². The lowest BCUT2D eigenvalue weighted by Crippen LogP contribution is -2.32. The van der Waals surface area contributed by atoms with Gasteiger partial charge >= 0.3 is 0 Å². The molecule has 10 heavy (non-hydrogen) atoms. The molecule has 0 N–H and O–H groups in total. The predicted molar refractivity (Wildman–Crippen MR) is 47.7 cm³/mol. The second-order valence-electron chi connectivity index (χ2n) is 3.50. The van der Waals surface area contributed by atoms with Gasteiger partial charge in [0.2, 0.25) is 0 Å². The van der Waals surface area contributed by atoms with Crippen molar-refractivity contribution in [1.82, 2.24) is 4.81 Å². The Labute approximate surface area is 64.5 Å². The van der Waals surface area contributed by atoms with Crippen LogP contribution in [0.25, 0.3) is 0 Å². The fourth-order valence-corrected chi connectivity index (χ4v) is 1.12. The molecule has 1 nitrogen and oxygen atoms in total. The van der Waals surface area contributed by atoms with Crippen LogP contribution in [0.15, 0.2) is 12.7 Å². The van der Waals surface area contributed by atoms with E-state index >= 15 is 0 Å². The van der Waals surface area contributed by atoms with Crippen LogP contribution in [0.2, 0.25) is 0 Å². The maximum absolute atomic E-state index is 3.71. The first-order valence-corrected chi connectivity index (χ1v) is 4.01. The largest absolute Gasteiger partial charge is 0.344 e. The van der Waals surface area contributed by atoms with Crippen LogP contribution in [0.5, 0.6) is 0 Å². The molecule has 0 radical (unpaired) electrons. The minimum absolute atomic E-state index is 0.545. The Morgan fingerprint density at radius 2 is 2.30 bits per heavy atom. The SMILES string of the molecule is BN(CCC=C)C1(C)CC1. The quantitative estimate of drug-likeness (QED) is 0.412. The molecular formula is C8H16BN. The Bertz CT molecular complexity index is 129. The van der Waals surface area contributed by atoms with Gasteiger partial charge in [0, 0.05) is 5.54 Å². The van der Waals surface area contributed by atoms with E-state index in [0.29, 0.717) is 5.54 Å². The lowest BCUT2D eigenvalue weighted by Gasteiger charge is -2.23. The van der Waals surface area contributed by atoms with E-state index in [9.17, 15) is 0 Å². The lowest BCUT2D eigenvalue weighted by molar-refractivity contribution is 0.344. The number of hydrogen-bond acceptors (Lipinski definition) is 1. The zero-order chi connectivity index (χ0) is 7.61. The van der Waals surface area contributed by atoms with Crippen molar-refractivity contribution in [2.45, 2.75) is 31.7 Å². The van der Waals surface area contributed by atoms with Crippen molar-refractivity contribution in [3.8, 4) is 0 Å². The Morgan fingerprint density at radius 1 is 1.70 bits per heavy atom. The topological polar surface area (TPSA) is 3.24 Å². The standard InChI is InChI=1S/C8H16BN/c1-3-4-7-10(9)8(2)5-6-8/h3H,1,4-7,9H2,2H3. The van der Waals surface area contributed by atoms with Crippen molar-refractivity contribution in [2.75, 3.05) is 6.54 Å². The molecule has 0 heterocycles. The summed E-state index contributed by atoms with van der Waals surface area (Å²) in [6.45, 7) is 7.20. The monoisotopic (exact) mass is 137 g/mol. The van der Waals surface area contributed by atoms with Gasteiger partial charge < -0.3 is 4.81 Å². The second kappa shape index (κ2) is 2.79. The summed E-state index contributed by atoms with van der Waals surface area (Å²) in [5, 5.41) is 0. The van der Waals surface area contributed by atoms with Crippen molar-refractivity contribution in [3.05, 3.63) is 12.7 Å². The predicted octanol–water partition coefficient (Wildman–Crippen LogP) is 0.965. The van der Waals surface area contributed by atoms with E-state index in [0.717, 1.165) is 6.42 Å². The number of rotatable bonds is 4. The van der Waals surface area contributed by atoms with Crippen LogP contribution in [0.1, 0.15) is 26.2 Å². The van der Waals surface area contributed by atoms with Gasteiger partial charge in [-0.05, 0) is 32.7 Å². The highest BCUT2D eigenvalue weighted by Crippen LogP contribution is 2.39. The molecule has 0 saturated heterocycles. The molecule has 0 unspecified atom stereocenters. The van der Waals surface area contributed by atoms with E-state index in [-0.39, 0.29) is 0 Å². The maximum atomic E-state index is 3.71. The first-order chi connectivity index (χ1) is 4.69. The minimum Gasteiger partial charge on any atom is -0.344 e. The summed E-state index contributed by atoms with van der Waals surface area (Å²) in [5.74, 6) is 0. The van der Waals surface area contributed by atoms with E-state index in [1.807, 2.05) is 6.08 Å². The average Bonchev–Trinajstić information content (AvgIpc) is 2.64. The fourth-order valence-electron chi connectivity index (χ4n) is 1.12. The van der Waals surface area contributed by atoms with Crippen molar-refractivity contribution in [1.29, 1.82) is 0 Å². The van der Waals surface area contributed by atoms with Gasteiger partial charge in [-0.2, -0.15) is 0 Å². The summed E-state index contributed by atoms with van der Waals surface area (Å²) in [7, 11) is 2.20. The van der Waals surface area contributed by atoms with Crippen molar-refractivity contribution < 1.29 is 0 Å². The maximum Gasteiger partial charge on any atom is 0.186 e. The molecule has 0 aliphatic heterocycles. The molecule has 1 aliphatic carbocycles. The first kappa shape index (κ1) is 7.87. The second-order valence-corrected chi connectivity index (χ2v) is 3.50. The van der Waals surface area contributed by atoms with Crippen LogP contribution in [0, 0.1) is 0 Å². The molecule has 1 fully saturated rings. The van der Waals surface area contributed by atoms with E-state index in [4.69, 9.17) is 0 Å². The number of nitrogens with zero attached hydrogens (tertiary/aromatic N) is 1. The first-order valence-electron chi connectivity index (χ1n) is 4.01. The van der Waals surface area contributed by atoms with Crippen LogP contribution in [-0.2, 0) is 0 Å². The fraction of sp³-hybridized carbons (Fsp3) is 0.750. The highest BCUT2D eigenvalue weighted by molar-refractivity contribution is 6.05. The van der Waals surface area contributed by atoms with Crippen LogP contribution in [0.4, 0.5) is 0 Å². The Kier molecular flexibility index (Phi) is 2.19. The normalized spacial score (nSPS) is 21.0. The summed E-state index contributed by atoms with van der Waals surface area (Å²) in [6, 6.07) is 0. The van der Waals surface area contributed by atoms with Crippen LogP contribution in [-0.4, -0.2) is 24.9 Å². The third kappa shape index (κ3) is 1.63. The molecule has 2 heteroatoms. The van der Waals surface area contributed by atoms with Gasteiger partial charge in [-0.3, -0.25) is 0 Å². The van der Waals surface area contributed by atoms with E-state index in [2.05, 4.69) is 26.3 Å². The van der Waals surface area contributed by atoms with Crippen LogP contribution >= 0.6 is 0 Å². The highest BCUT2D eigenvalue weighted by Gasteiger charge is 2.39. The molecule has 1 saturated carbocycles. The summed E-state index contributed by atoms with van der Waals surface area (Å²) in [6.07, 6.45) is 5.86.